The molecule has 0 saturated heterocycles. The van der Waals surface area contributed by atoms with E-state index in [4.69, 9.17) is 4.74 Å². The molecule has 0 bridgehead atoms. The summed E-state index contributed by atoms with van der Waals surface area (Å²) in [7, 11) is 0. The second-order valence-electron chi connectivity index (χ2n) is 4.54. The minimum Gasteiger partial charge on any atom is -0.461 e. The number of nitrogens with one attached hydrogen (secondary N) is 2. The van der Waals surface area contributed by atoms with Gasteiger partial charge in [-0.1, -0.05) is 0 Å². The van der Waals surface area contributed by atoms with Crippen LogP contribution in [0.25, 0.3) is 0 Å². The normalized spacial score (nSPS) is 10.2. The Hall–Kier alpha value is -2.63. The van der Waals surface area contributed by atoms with E-state index in [1.54, 1.807) is 45.3 Å². The van der Waals surface area contributed by atoms with Gasteiger partial charge >= 0.3 is 5.97 Å². The third-order valence-electron chi connectivity index (χ3n) is 3.06. The molecule has 2 N–H and O–H groups in total. The zero-order valence-corrected chi connectivity index (χ0v) is 12.2. The van der Waals surface area contributed by atoms with E-state index >= 15 is 0 Å². The Kier molecular flexibility index (Phi) is 4.37. The molecular weight excluding hydrogens is 270 g/mol. The zero-order chi connectivity index (χ0) is 15.4. The van der Waals surface area contributed by atoms with Crippen LogP contribution in [0.1, 0.15) is 39.0 Å². The number of aromatic amines is 1. The first-order chi connectivity index (χ1) is 10.0. The average molecular weight is 287 g/mol. The highest BCUT2D eigenvalue weighted by Gasteiger charge is 2.22. The van der Waals surface area contributed by atoms with Crippen molar-refractivity contribution in [1.29, 1.82) is 0 Å². The number of ether oxygens (including phenoxy) is 1. The van der Waals surface area contributed by atoms with Crippen LogP contribution in [0.3, 0.4) is 0 Å². The van der Waals surface area contributed by atoms with E-state index in [0.717, 1.165) is 0 Å². The van der Waals surface area contributed by atoms with Gasteiger partial charge in [0.05, 0.1) is 24.1 Å². The van der Waals surface area contributed by atoms with Crippen LogP contribution in [0.4, 0.5) is 5.69 Å². The summed E-state index contributed by atoms with van der Waals surface area (Å²) >= 11 is 0. The highest BCUT2D eigenvalue weighted by Crippen LogP contribution is 2.20. The fourth-order valence-corrected chi connectivity index (χ4v) is 2.13. The quantitative estimate of drug-likeness (QED) is 0.846. The van der Waals surface area contributed by atoms with Gasteiger partial charge in [-0.05, 0) is 38.5 Å². The molecule has 0 unspecified atom stereocenters. The fraction of sp³-hybridized carbons (Fsp3) is 0.267. The number of aryl methyl sites for hydroxylation is 1. The molecule has 0 fully saturated rings. The molecule has 1 amide bonds. The molecule has 0 radical (unpaired) electrons. The Morgan fingerprint density at radius 1 is 1.38 bits per heavy atom. The van der Waals surface area contributed by atoms with Crippen LogP contribution in [-0.4, -0.2) is 28.5 Å². The highest BCUT2D eigenvalue weighted by molar-refractivity contribution is 6.08. The molecule has 2 aromatic rings. The number of anilines is 1. The molecular formula is C15H17N3O3. The predicted octanol–water partition coefficient (Wildman–Crippen LogP) is 2.46. The van der Waals surface area contributed by atoms with Gasteiger partial charge in [-0.25, -0.2) is 4.79 Å². The van der Waals surface area contributed by atoms with Crippen LogP contribution in [0.15, 0.2) is 24.5 Å². The van der Waals surface area contributed by atoms with Crippen LogP contribution in [-0.2, 0) is 4.74 Å². The number of hydrogen-bond donors (Lipinski definition) is 2. The van der Waals surface area contributed by atoms with E-state index in [0.29, 0.717) is 28.2 Å². The number of carbonyl (C=O) groups excluding carboxylic acids is 2. The van der Waals surface area contributed by atoms with Crippen LogP contribution >= 0.6 is 0 Å². The summed E-state index contributed by atoms with van der Waals surface area (Å²) in [5.74, 6) is -0.747. The van der Waals surface area contributed by atoms with Crippen LogP contribution in [0.2, 0.25) is 0 Å². The average Bonchev–Trinajstić information content (AvgIpc) is 2.75. The molecule has 110 valence electrons. The molecule has 2 aromatic heterocycles. The molecule has 21 heavy (non-hydrogen) atoms. The van der Waals surface area contributed by atoms with Crippen LogP contribution in [0, 0.1) is 13.8 Å². The maximum absolute atomic E-state index is 12.3. The SMILES string of the molecule is CCOC(=O)c1[nH]c(C)c(C(=O)Nc2cccnc2)c1C. The largest absolute Gasteiger partial charge is 0.461 e. The number of carbonyl (C=O) groups is 2. The topological polar surface area (TPSA) is 84.1 Å². The standard InChI is InChI=1S/C15H17N3O3/c1-4-21-15(20)13-9(2)12(10(3)17-13)14(19)18-11-6-5-7-16-8-11/h5-8,17H,4H2,1-3H3,(H,18,19). The Morgan fingerprint density at radius 2 is 2.14 bits per heavy atom. The van der Waals surface area contributed by atoms with Gasteiger partial charge in [0.15, 0.2) is 0 Å². The van der Waals surface area contributed by atoms with Crippen molar-refractivity contribution in [3.63, 3.8) is 0 Å². The first-order valence-corrected chi connectivity index (χ1v) is 6.62. The Morgan fingerprint density at radius 3 is 2.76 bits per heavy atom. The number of hydrogen-bond acceptors (Lipinski definition) is 4. The number of pyridine rings is 1. The molecule has 0 spiro atoms. The third-order valence-corrected chi connectivity index (χ3v) is 3.06. The van der Waals surface area contributed by atoms with Crippen molar-refractivity contribution in [2.45, 2.75) is 20.8 Å². The van der Waals surface area contributed by atoms with Crippen LogP contribution < -0.4 is 5.32 Å². The molecule has 6 nitrogen and oxygen atoms in total. The predicted molar refractivity (Wildman–Crippen MR) is 78.4 cm³/mol. The molecule has 0 atom stereocenters. The van der Waals surface area contributed by atoms with Crippen LogP contribution in [0.5, 0.6) is 0 Å². The minimum absolute atomic E-state index is 0.285. The maximum Gasteiger partial charge on any atom is 0.355 e. The van der Waals surface area contributed by atoms with Crippen molar-refractivity contribution in [2.24, 2.45) is 0 Å². The molecule has 0 aliphatic rings. The van der Waals surface area contributed by atoms with Gasteiger partial charge in [-0.3, -0.25) is 9.78 Å². The number of esters is 1. The van der Waals surface area contributed by atoms with Crippen molar-refractivity contribution in [3.05, 3.63) is 47.0 Å². The van der Waals surface area contributed by atoms with Gasteiger partial charge in [-0.15, -0.1) is 0 Å². The zero-order valence-electron chi connectivity index (χ0n) is 12.2. The first-order valence-electron chi connectivity index (χ1n) is 6.62. The monoisotopic (exact) mass is 287 g/mol. The summed E-state index contributed by atoms with van der Waals surface area (Å²) in [6.45, 7) is 5.48. The van der Waals surface area contributed by atoms with Gasteiger partial charge in [0.25, 0.3) is 5.91 Å². The maximum atomic E-state index is 12.3. The van der Waals surface area contributed by atoms with E-state index in [1.807, 2.05) is 0 Å². The summed E-state index contributed by atoms with van der Waals surface area (Å²) in [6, 6.07) is 3.48. The van der Waals surface area contributed by atoms with Crippen molar-refractivity contribution >= 4 is 17.6 Å². The Balaban J connectivity index is 2.28. The van der Waals surface area contributed by atoms with E-state index in [-0.39, 0.29) is 12.5 Å². The molecule has 2 rings (SSSR count). The third kappa shape index (κ3) is 3.10. The second-order valence-corrected chi connectivity index (χ2v) is 4.54. The van der Waals surface area contributed by atoms with Gasteiger partial charge in [0, 0.05) is 11.9 Å². The van der Waals surface area contributed by atoms with Crippen molar-refractivity contribution in [2.75, 3.05) is 11.9 Å². The van der Waals surface area contributed by atoms with E-state index in [9.17, 15) is 9.59 Å². The van der Waals surface area contributed by atoms with Crippen molar-refractivity contribution < 1.29 is 14.3 Å². The number of aromatic nitrogens is 2. The summed E-state index contributed by atoms with van der Waals surface area (Å²) in [4.78, 5) is 31.0. The molecule has 0 aliphatic heterocycles. The second kappa shape index (κ2) is 6.21. The number of H-pyrrole nitrogens is 1. The van der Waals surface area contributed by atoms with E-state index < -0.39 is 5.97 Å². The number of amides is 1. The van der Waals surface area contributed by atoms with E-state index in [1.165, 1.54) is 0 Å². The summed E-state index contributed by atoms with van der Waals surface area (Å²) in [5, 5.41) is 2.75. The molecule has 0 aliphatic carbocycles. The molecule has 0 aromatic carbocycles. The van der Waals surface area contributed by atoms with Gasteiger partial charge < -0.3 is 15.0 Å². The Labute approximate surface area is 122 Å². The summed E-state index contributed by atoms with van der Waals surface area (Å²) in [6.07, 6.45) is 3.18. The summed E-state index contributed by atoms with van der Waals surface area (Å²) < 4.78 is 4.96. The van der Waals surface area contributed by atoms with Gasteiger partial charge in [0.2, 0.25) is 0 Å². The fourth-order valence-electron chi connectivity index (χ4n) is 2.13. The molecule has 2 heterocycles. The summed E-state index contributed by atoms with van der Waals surface area (Å²) in [5.41, 5.74) is 2.55. The lowest BCUT2D eigenvalue weighted by atomic mass is 10.1. The minimum atomic E-state index is -0.460. The van der Waals surface area contributed by atoms with Crippen molar-refractivity contribution in [3.8, 4) is 0 Å². The number of rotatable bonds is 4. The lowest BCUT2D eigenvalue weighted by Crippen LogP contribution is -2.14. The lowest BCUT2D eigenvalue weighted by Gasteiger charge is -2.05. The first kappa shape index (κ1) is 14.8. The van der Waals surface area contributed by atoms with Crippen molar-refractivity contribution in [1.82, 2.24) is 9.97 Å². The van der Waals surface area contributed by atoms with Gasteiger partial charge in [-0.2, -0.15) is 0 Å². The Bertz CT molecular complexity index is 662. The number of nitrogens with zero attached hydrogens (tertiary/aromatic N) is 1. The molecule has 0 saturated carbocycles. The lowest BCUT2D eigenvalue weighted by molar-refractivity contribution is 0.0519. The van der Waals surface area contributed by atoms with E-state index in [2.05, 4.69) is 15.3 Å². The smallest absolute Gasteiger partial charge is 0.355 e. The molecule has 6 heteroatoms. The highest BCUT2D eigenvalue weighted by atomic mass is 16.5. The van der Waals surface area contributed by atoms with Gasteiger partial charge in [0.1, 0.15) is 5.69 Å².